The Morgan fingerprint density at radius 2 is 0.906 bits per heavy atom. The number of fused-ring (bicyclic) bond motifs is 10. The number of hydrogen-bond acceptors (Lipinski definition) is 2. The van der Waals surface area contributed by atoms with Crippen molar-refractivity contribution < 1.29 is 4.42 Å². The van der Waals surface area contributed by atoms with Gasteiger partial charge in [0.05, 0.1) is 5.69 Å². The first-order valence-electron chi connectivity index (χ1n) is 18.9. The van der Waals surface area contributed by atoms with E-state index in [1.807, 2.05) is 6.07 Å². The number of rotatable bonds is 4. The average molecular weight is 686 g/mol. The van der Waals surface area contributed by atoms with Gasteiger partial charge in [0.25, 0.3) is 0 Å². The van der Waals surface area contributed by atoms with Crippen molar-refractivity contribution in [3.05, 3.63) is 163 Å². The number of benzene rings is 8. The molecule has 1 aliphatic carbocycles. The van der Waals surface area contributed by atoms with Crippen molar-refractivity contribution in [3.8, 4) is 11.1 Å². The summed E-state index contributed by atoms with van der Waals surface area (Å²) in [4.78, 5) is 2.44. The second-order valence-corrected chi connectivity index (χ2v) is 16.6. The lowest BCUT2D eigenvalue weighted by molar-refractivity contribution is 0.125. The minimum absolute atomic E-state index is 0.0154. The molecule has 258 valence electrons. The number of nitrogens with zero attached hydrogens (tertiary/aromatic N) is 1. The molecule has 0 saturated carbocycles. The molecule has 0 fully saturated rings. The van der Waals surface area contributed by atoms with Crippen LogP contribution in [0.1, 0.15) is 52.7 Å². The Morgan fingerprint density at radius 1 is 0.396 bits per heavy atom. The third kappa shape index (κ3) is 4.39. The topological polar surface area (TPSA) is 16.4 Å². The van der Waals surface area contributed by atoms with Crippen LogP contribution in [0.5, 0.6) is 0 Å². The van der Waals surface area contributed by atoms with Crippen LogP contribution in [0, 0.1) is 5.41 Å². The van der Waals surface area contributed by atoms with Gasteiger partial charge >= 0.3 is 0 Å². The second-order valence-electron chi connectivity index (χ2n) is 16.6. The van der Waals surface area contributed by atoms with Gasteiger partial charge in [-0.15, -0.1) is 0 Å². The zero-order valence-electron chi connectivity index (χ0n) is 31.3. The van der Waals surface area contributed by atoms with Crippen LogP contribution in [0.25, 0.3) is 65.4 Å². The fourth-order valence-electron chi connectivity index (χ4n) is 9.43. The summed E-state index contributed by atoms with van der Waals surface area (Å²) in [7, 11) is 0. The van der Waals surface area contributed by atoms with Crippen molar-refractivity contribution in [3.63, 3.8) is 0 Å². The maximum atomic E-state index is 6.49. The van der Waals surface area contributed by atoms with Crippen LogP contribution in [0.15, 0.2) is 156 Å². The van der Waals surface area contributed by atoms with E-state index < -0.39 is 0 Å². The molecular formula is C51H43NO. The molecule has 53 heavy (non-hydrogen) atoms. The summed E-state index contributed by atoms with van der Waals surface area (Å²) in [6, 6.07) is 55.7. The molecular weight excluding hydrogens is 643 g/mol. The van der Waals surface area contributed by atoms with Gasteiger partial charge in [0, 0.05) is 33.8 Å². The van der Waals surface area contributed by atoms with Crippen molar-refractivity contribution >= 4 is 71.3 Å². The van der Waals surface area contributed by atoms with Crippen molar-refractivity contribution in [2.45, 2.75) is 52.4 Å². The molecule has 0 amide bonds. The van der Waals surface area contributed by atoms with Crippen molar-refractivity contribution in [1.29, 1.82) is 0 Å². The highest BCUT2D eigenvalue weighted by molar-refractivity contribution is 6.25. The molecule has 0 spiro atoms. The molecule has 10 rings (SSSR count). The van der Waals surface area contributed by atoms with E-state index in [0.29, 0.717) is 0 Å². The summed E-state index contributed by atoms with van der Waals surface area (Å²) in [5.41, 5.74) is 10.3. The van der Waals surface area contributed by atoms with Crippen LogP contribution in [0.4, 0.5) is 17.1 Å². The molecule has 2 nitrogen and oxygen atoms in total. The Hall–Kier alpha value is -5.86. The molecule has 1 heterocycles. The monoisotopic (exact) mass is 685 g/mol. The van der Waals surface area contributed by atoms with Crippen LogP contribution in [0.2, 0.25) is 0 Å². The van der Waals surface area contributed by atoms with Gasteiger partial charge in [-0.2, -0.15) is 0 Å². The van der Waals surface area contributed by atoms with Crippen molar-refractivity contribution in [2.75, 3.05) is 4.90 Å². The molecule has 0 atom stereocenters. The molecule has 0 radical (unpaired) electrons. The summed E-state index contributed by atoms with van der Waals surface area (Å²) in [6.07, 6.45) is 0. The summed E-state index contributed by atoms with van der Waals surface area (Å²) in [5.74, 6) is 0. The molecule has 0 aliphatic heterocycles. The van der Waals surface area contributed by atoms with E-state index in [0.717, 1.165) is 39.0 Å². The SMILES string of the molecule is CC1(C)c2cc(-c3ccc4c5ccccc5c5ccccc5c4c3)c(N(c3ccccc3)c3ccc4c(c3)oc3ccccc34)cc2C(C)(C)C1(C)C. The van der Waals surface area contributed by atoms with Crippen molar-refractivity contribution in [1.82, 2.24) is 0 Å². The normalized spacial score (nSPS) is 15.8. The number of para-hydroxylation sites is 2. The highest BCUT2D eigenvalue weighted by Gasteiger charge is 2.57. The first-order valence-corrected chi connectivity index (χ1v) is 18.9. The number of furan rings is 1. The van der Waals surface area contributed by atoms with E-state index in [9.17, 15) is 0 Å². The zero-order valence-corrected chi connectivity index (χ0v) is 31.3. The van der Waals surface area contributed by atoms with Crippen LogP contribution < -0.4 is 4.90 Å². The largest absolute Gasteiger partial charge is 0.456 e. The van der Waals surface area contributed by atoms with Gasteiger partial charge in [-0.05, 0) is 114 Å². The maximum Gasteiger partial charge on any atom is 0.137 e. The van der Waals surface area contributed by atoms with Crippen LogP contribution >= 0.6 is 0 Å². The molecule has 0 saturated heterocycles. The zero-order chi connectivity index (χ0) is 36.3. The second kappa shape index (κ2) is 11.1. The van der Waals surface area contributed by atoms with Gasteiger partial charge in [-0.1, -0.05) is 139 Å². The molecule has 0 N–H and O–H groups in total. The number of anilines is 3. The highest BCUT2D eigenvalue weighted by Crippen LogP contribution is 2.63. The average Bonchev–Trinajstić information content (AvgIpc) is 3.60. The molecule has 1 aliphatic rings. The van der Waals surface area contributed by atoms with E-state index in [1.165, 1.54) is 54.6 Å². The molecule has 1 aromatic heterocycles. The Morgan fingerprint density at radius 3 is 1.57 bits per heavy atom. The smallest absolute Gasteiger partial charge is 0.137 e. The first kappa shape index (κ1) is 31.8. The van der Waals surface area contributed by atoms with E-state index in [-0.39, 0.29) is 16.2 Å². The van der Waals surface area contributed by atoms with Crippen LogP contribution in [0.3, 0.4) is 0 Å². The van der Waals surface area contributed by atoms with E-state index >= 15 is 0 Å². The fraction of sp³-hybridized carbons (Fsp3) is 0.176. The third-order valence-corrected chi connectivity index (χ3v) is 13.5. The molecule has 0 bridgehead atoms. The lowest BCUT2D eigenvalue weighted by atomic mass is 9.59. The minimum Gasteiger partial charge on any atom is -0.456 e. The first-order chi connectivity index (χ1) is 25.6. The third-order valence-electron chi connectivity index (χ3n) is 13.5. The lowest BCUT2D eigenvalue weighted by Crippen LogP contribution is -2.42. The molecule has 8 aromatic carbocycles. The van der Waals surface area contributed by atoms with Gasteiger partial charge in [0.15, 0.2) is 0 Å². The highest BCUT2D eigenvalue weighted by atomic mass is 16.3. The minimum atomic E-state index is -0.0668. The van der Waals surface area contributed by atoms with Crippen LogP contribution in [-0.4, -0.2) is 0 Å². The summed E-state index contributed by atoms with van der Waals surface area (Å²) in [5, 5.41) is 9.98. The predicted octanol–water partition coefficient (Wildman–Crippen LogP) is 14.8. The molecule has 0 unspecified atom stereocenters. The van der Waals surface area contributed by atoms with Gasteiger partial charge in [-0.25, -0.2) is 0 Å². The fourth-order valence-corrected chi connectivity index (χ4v) is 9.43. The van der Waals surface area contributed by atoms with Gasteiger partial charge in [0.2, 0.25) is 0 Å². The standard InChI is InChI=1S/C51H43NO/c1-49(2)44-30-42(32-24-26-39-37-20-11-10-18-35(37)36-19-12-13-21-38(36)43(39)28-32)46(31-45(44)50(3,4)51(49,5)6)52(33-16-8-7-9-17-33)34-25-27-41-40-22-14-15-23-47(40)53-48(41)29-34/h7-31H,1-6H3. The van der Waals surface area contributed by atoms with Gasteiger partial charge in [0.1, 0.15) is 11.2 Å². The predicted molar refractivity (Wildman–Crippen MR) is 226 cm³/mol. The summed E-state index contributed by atoms with van der Waals surface area (Å²) >= 11 is 0. The van der Waals surface area contributed by atoms with E-state index in [1.54, 1.807) is 0 Å². The number of hydrogen-bond donors (Lipinski definition) is 0. The van der Waals surface area contributed by atoms with Crippen molar-refractivity contribution in [2.24, 2.45) is 5.41 Å². The van der Waals surface area contributed by atoms with Gasteiger partial charge in [-0.3, -0.25) is 0 Å². The van der Waals surface area contributed by atoms with E-state index in [2.05, 4.69) is 192 Å². The maximum absolute atomic E-state index is 6.49. The van der Waals surface area contributed by atoms with Gasteiger partial charge < -0.3 is 9.32 Å². The lowest BCUT2D eigenvalue weighted by Gasteiger charge is -2.44. The van der Waals surface area contributed by atoms with Crippen LogP contribution in [-0.2, 0) is 10.8 Å². The Kier molecular flexibility index (Phi) is 6.65. The molecule has 2 heteroatoms. The Bertz CT molecular complexity index is 2890. The Balaban J connectivity index is 1.30. The summed E-state index contributed by atoms with van der Waals surface area (Å²) < 4.78 is 6.49. The van der Waals surface area contributed by atoms with E-state index in [4.69, 9.17) is 4.42 Å². The quantitative estimate of drug-likeness (QED) is 0.171. The molecule has 9 aromatic rings. The summed E-state index contributed by atoms with van der Waals surface area (Å²) in [6.45, 7) is 14.6. The Labute approximate surface area is 311 Å².